The second-order valence-corrected chi connectivity index (χ2v) is 18.0. The summed E-state index contributed by atoms with van der Waals surface area (Å²) in [5.41, 5.74) is -1.08. The molecular weight excluding hydrogens is 587 g/mol. The van der Waals surface area contributed by atoms with Crippen molar-refractivity contribution in [3.05, 3.63) is 64.9 Å². The molecule has 4 rings (SSSR count). The molecule has 2 aromatic carbocycles. The molecule has 2 N–H and O–H groups in total. The van der Waals surface area contributed by atoms with Crippen LogP contribution in [-0.2, 0) is 18.8 Å². The molecule has 1 saturated heterocycles. The van der Waals surface area contributed by atoms with Crippen LogP contribution in [0.25, 0.3) is 0 Å². The zero-order chi connectivity index (χ0) is 31.3. The molecule has 0 aromatic heterocycles. The van der Waals surface area contributed by atoms with Crippen LogP contribution < -0.4 is 15.5 Å². The molecule has 3 amide bonds. The predicted molar refractivity (Wildman–Crippen MR) is 157 cm³/mol. The molecule has 1 aliphatic carbocycles. The van der Waals surface area contributed by atoms with Crippen molar-refractivity contribution in [1.82, 2.24) is 10.6 Å². The van der Waals surface area contributed by atoms with Gasteiger partial charge >= 0.3 is 0 Å². The molecule has 0 bridgehead atoms. The second kappa shape index (κ2) is 11.3. The maximum absolute atomic E-state index is 14.5. The Hall–Kier alpha value is -2.89. The third-order valence-corrected chi connectivity index (χ3v) is 13.3. The van der Waals surface area contributed by atoms with Crippen molar-refractivity contribution < 1.29 is 32.0 Å². The first-order valence-electron chi connectivity index (χ1n) is 13.9. The van der Waals surface area contributed by atoms with Crippen LogP contribution in [0.1, 0.15) is 58.6 Å². The summed E-state index contributed by atoms with van der Waals surface area (Å²) in [6.07, 6.45) is -1.11. The molecule has 2 aliphatic rings. The highest BCUT2D eigenvalue weighted by atomic mass is 35.5. The lowest BCUT2D eigenvalue weighted by molar-refractivity contribution is -0.133. The average Bonchev–Trinajstić information content (AvgIpc) is 3.14. The zero-order valence-corrected chi connectivity index (χ0v) is 26.3. The topological polar surface area (TPSA) is 87.7 Å². The molecule has 228 valence electrons. The van der Waals surface area contributed by atoms with E-state index in [0.717, 1.165) is 11.0 Å². The fraction of sp³-hybridized carbons (Fsp3) is 0.500. The van der Waals surface area contributed by atoms with Gasteiger partial charge in [0, 0.05) is 41.6 Å². The molecule has 42 heavy (non-hydrogen) atoms. The lowest BCUT2D eigenvalue weighted by Gasteiger charge is -2.41. The van der Waals surface area contributed by atoms with Crippen molar-refractivity contribution >= 4 is 43.3 Å². The molecule has 2 aromatic rings. The molecule has 2 unspecified atom stereocenters. The monoisotopic (exact) mass is 623 g/mol. The van der Waals surface area contributed by atoms with E-state index in [1.54, 1.807) is 25.1 Å². The molecule has 0 radical (unpaired) electrons. The third kappa shape index (κ3) is 6.52. The Morgan fingerprint density at radius 3 is 2.33 bits per heavy atom. The fourth-order valence-electron chi connectivity index (χ4n) is 5.13. The third-order valence-electron chi connectivity index (χ3n) is 8.43. The van der Waals surface area contributed by atoms with Crippen LogP contribution in [0.15, 0.2) is 48.5 Å². The highest BCUT2D eigenvalue weighted by molar-refractivity contribution is 6.74. The normalized spacial score (nSPS) is 23.1. The summed E-state index contributed by atoms with van der Waals surface area (Å²) in [6.45, 7) is 11.7. The fourth-order valence-corrected chi connectivity index (χ4v) is 6.98. The largest absolute Gasteiger partial charge is 0.403 e. The number of carbonyl (C=O) groups excluding carboxylic acids is 3. The van der Waals surface area contributed by atoms with Gasteiger partial charge < -0.3 is 15.1 Å². The summed E-state index contributed by atoms with van der Waals surface area (Å²) >= 11 is 6.51. The average molecular weight is 624 g/mol. The molecule has 7 nitrogen and oxygen atoms in total. The van der Waals surface area contributed by atoms with Crippen molar-refractivity contribution in [3.8, 4) is 0 Å². The second-order valence-electron chi connectivity index (χ2n) is 12.9. The van der Waals surface area contributed by atoms with Gasteiger partial charge in [-0.15, -0.1) is 0 Å². The Kier molecular flexibility index (Phi) is 8.63. The quantitative estimate of drug-likeness (QED) is 0.346. The van der Waals surface area contributed by atoms with Crippen molar-refractivity contribution in [2.75, 3.05) is 4.90 Å². The zero-order valence-electron chi connectivity index (χ0n) is 24.6. The number of carbonyl (C=O) groups is 3. The highest BCUT2D eigenvalue weighted by Crippen LogP contribution is 2.43. The van der Waals surface area contributed by atoms with Gasteiger partial charge in [0.1, 0.15) is 23.5 Å². The van der Waals surface area contributed by atoms with Gasteiger partial charge in [-0.05, 0) is 49.3 Å². The number of nitrogens with zero attached hydrogens (tertiary/aromatic N) is 1. The predicted octanol–water partition coefficient (Wildman–Crippen LogP) is 6.14. The Morgan fingerprint density at radius 2 is 1.76 bits per heavy atom. The van der Waals surface area contributed by atoms with E-state index in [4.69, 9.17) is 16.0 Å². The van der Waals surface area contributed by atoms with E-state index in [1.165, 1.54) is 24.3 Å². The number of hydrogen-bond donors (Lipinski definition) is 2. The number of rotatable bonds is 8. The van der Waals surface area contributed by atoms with E-state index in [2.05, 4.69) is 10.6 Å². The first-order chi connectivity index (χ1) is 19.3. The lowest BCUT2D eigenvalue weighted by atomic mass is 9.87. The number of halogens is 4. The number of anilines is 1. The summed E-state index contributed by atoms with van der Waals surface area (Å²) in [5, 5.41) is 5.27. The summed E-state index contributed by atoms with van der Waals surface area (Å²) in [7, 11) is -2.45. The molecule has 12 heteroatoms. The molecule has 1 saturated carbocycles. The molecular formula is C30H37ClF3N3O4Si. The summed E-state index contributed by atoms with van der Waals surface area (Å²) in [6, 6.07) is 8.07. The van der Waals surface area contributed by atoms with Gasteiger partial charge in [-0.1, -0.05) is 56.6 Å². The van der Waals surface area contributed by atoms with Crippen LogP contribution in [0.4, 0.5) is 18.9 Å². The standard InChI is InChI=1S/C30H37ClF3N3O4Si/c1-28(2,3)42(5,6)41-29(4)17-23(36-27(29)40)26(39)37(20-11-9-10-18(32)14-20)24(21-12-7-8-13-22(21)31)25(38)35-19-15-30(33,34)16-19/h7-14,19,23-24H,15-17H2,1-6H3,(H,35,38)(H,36,40)/t23-,24?,29?/m0/s1. The number of amides is 3. The van der Waals surface area contributed by atoms with Gasteiger partial charge in [0.15, 0.2) is 8.32 Å². The summed E-state index contributed by atoms with van der Waals surface area (Å²) in [5.74, 6) is -5.48. The molecule has 1 aliphatic heterocycles. The van der Waals surface area contributed by atoms with Crippen molar-refractivity contribution in [2.24, 2.45) is 0 Å². The van der Waals surface area contributed by atoms with Crippen LogP contribution >= 0.6 is 11.6 Å². The molecule has 1 heterocycles. The number of nitrogens with one attached hydrogen (secondary N) is 2. The van der Waals surface area contributed by atoms with Crippen molar-refractivity contribution in [2.45, 2.75) is 94.7 Å². The Morgan fingerprint density at radius 1 is 1.12 bits per heavy atom. The SMILES string of the molecule is CC1(O[Si](C)(C)C(C)(C)C)C[C@@H](C(=O)N(c2cccc(F)c2)C(C(=O)NC2CC(F)(F)C2)c2ccccc2Cl)NC1=O. The van der Waals surface area contributed by atoms with Gasteiger partial charge in [-0.2, -0.15) is 0 Å². The van der Waals surface area contributed by atoms with Crippen LogP contribution in [0.5, 0.6) is 0 Å². The maximum atomic E-state index is 14.5. The minimum atomic E-state index is -2.89. The van der Waals surface area contributed by atoms with Gasteiger partial charge in [0.2, 0.25) is 5.91 Å². The number of alkyl halides is 2. The van der Waals surface area contributed by atoms with Gasteiger partial charge in [0.05, 0.1) is 0 Å². The number of benzene rings is 2. The molecule has 3 atom stereocenters. The first-order valence-corrected chi connectivity index (χ1v) is 17.1. The van der Waals surface area contributed by atoms with Crippen molar-refractivity contribution in [3.63, 3.8) is 0 Å². The Labute approximate surface area is 250 Å². The first kappa shape index (κ1) is 32.0. The van der Waals surface area contributed by atoms with Crippen LogP contribution in [-0.4, -0.2) is 49.6 Å². The van der Waals surface area contributed by atoms with E-state index < -0.39 is 74.3 Å². The minimum absolute atomic E-state index is 0.0330. The molecule has 0 spiro atoms. The van der Waals surface area contributed by atoms with Gasteiger partial charge in [0.25, 0.3) is 17.7 Å². The maximum Gasteiger partial charge on any atom is 0.252 e. The van der Waals surface area contributed by atoms with E-state index in [-0.39, 0.29) is 27.7 Å². The van der Waals surface area contributed by atoms with Crippen LogP contribution in [0, 0.1) is 5.82 Å². The highest BCUT2D eigenvalue weighted by Gasteiger charge is 2.54. The Bertz CT molecular complexity index is 1380. The Balaban J connectivity index is 1.75. The summed E-state index contributed by atoms with van der Waals surface area (Å²) < 4.78 is 48.2. The smallest absolute Gasteiger partial charge is 0.252 e. The summed E-state index contributed by atoms with van der Waals surface area (Å²) in [4.78, 5) is 42.5. The van der Waals surface area contributed by atoms with E-state index in [9.17, 15) is 27.6 Å². The van der Waals surface area contributed by atoms with E-state index in [1.807, 2.05) is 33.9 Å². The molecule has 2 fully saturated rings. The van der Waals surface area contributed by atoms with Crippen LogP contribution in [0.3, 0.4) is 0 Å². The van der Waals surface area contributed by atoms with Gasteiger partial charge in [-0.25, -0.2) is 13.2 Å². The van der Waals surface area contributed by atoms with Crippen molar-refractivity contribution in [1.29, 1.82) is 0 Å². The minimum Gasteiger partial charge on any atom is -0.403 e. The van der Waals surface area contributed by atoms with Gasteiger partial charge in [-0.3, -0.25) is 19.3 Å². The van der Waals surface area contributed by atoms with E-state index >= 15 is 0 Å². The number of hydrogen-bond acceptors (Lipinski definition) is 4. The van der Waals surface area contributed by atoms with Crippen LogP contribution in [0.2, 0.25) is 23.2 Å². The van der Waals surface area contributed by atoms with E-state index in [0.29, 0.717) is 0 Å². The lowest BCUT2D eigenvalue weighted by Crippen LogP contribution is -2.55.